The van der Waals surface area contributed by atoms with Crippen LogP contribution in [-0.2, 0) is 0 Å². The fourth-order valence-electron chi connectivity index (χ4n) is 2.36. The fourth-order valence-corrected chi connectivity index (χ4v) is 2.36. The van der Waals surface area contributed by atoms with E-state index < -0.39 is 0 Å². The molecule has 1 aliphatic rings. The summed E-state index contributed by atoms with van der Waals surface area (Å²) in [6.07, 6.45) is 9.72. The molecule has 0 spiro atoms. The second kappa shape index (κ2) is 8.37. The number of nitrogens with one attached hydrogen (secondary N) is 2. The molecule has 0 atom stereocenters. The lowest BCUT2D eigenvalue weighted by Gasteiger charge is -2.22. The highest BCUT2D eigenvalue weighted by molar-refractivity contribution is 5.74. The third kappa shape index (κ3) is 7.24. The molecular weight excluding hydrogens is 212 g/mol. The fraction of sp³-hybridized carbons (Fsp3) is 0.929. The van der Waals surface area contributed by atoms with Crippen molar-refractivity contribution in [1.29, 1.82) is 0 Å². The van der Waals surface area contributed by atoms with Gasteiger partial charge in [-0.2, -0.15) is 0 Å². The molecule has 100 valence electrons. The van der Waals surface area contributed by atoms with Gasteiger partial charge >= 0.3 is 6.03 Å². The Morgan fingerprint density at radius 1 is 1.18 bits per heavy atom. The Balaban J connectivity index is 1.97. The smallest absolute Gasteiger partial charge is 0.315 e. The van der Waals surface area contributed by atoms with Gasteiger partial charge in [0.15, 0.2) is 0 Å². The van der Waals surface area contributed by atoms with Crippen molar-refractivity contribution in [1.82, 2.24) is 10.6 Å². The van der Waals surface area contributed by atoms with Gasteiger partial charge in [-0.1, -0.05) is 46.0 Å². The number of rotatable bonds is 6. The van der Waals surface area contributed by atoms with Crippen LogP contribution in [0.4, 0.5) is 4.79 Å². The van der Waals surface area contributed by atoms with Crippen LogP contribution >= 0.6 is 0 Å². The van der Waals surface area contributed by atoms with Gasteiger partial charge in [-0.25, -0.2) is 4.79 Å². The minimum absolute atomic E-state index is 0.0291. The van der Waals surface area contributed by atoms with Crippen LogP contribution in [0, 0.1) is 5.92 Å². The summed E-state index contributed by atoms with van der Waals surface area (Å²) in [7, 11) is 0. The van der Waals surface area contributed by atoms with Crippen molar-refractivity contribution < 1.29 is 4.79 Å². The molecule has 0 unspecified atom stereocenters. The molecule has 1 aliphatic carbocycles. The molecule has 0 aliphatic heterocycles. The Kier molecular flexibility index (Phi) is 7.06. The van der Waals surface area contributed by atoms with Crippen molar-refractivity contribution in [3.8, 4) is 0 Å². The molecule has 1 fully saturated rings. The summed E-state index contributed by atoms with van der Waals surface area (Å²) in [5, 5.41) is 6.02. The summed E-state index contributed by atoms with van der Waals surface area (Å²) in [5.41, 5.74) is 0. The number of urea groups is 1. The highest BCUT2D eigenvalue weighted by atomic mass is 16.2. The molecule has 0 bridgehead atoms. The molecule has 0 aromatic rings. The zero-order valence-corrected chi connectivity index (χ0v) is 11.4. The Hall–Kier alpha value is -0.730. The molecular formula is C14H28N2O. The van der Waals surface area contributed by atoms with Crippen LogP contribution in [0.3, 0.4) is 0 Å². The van der Waals surface area contributed by atoms with Gasteiger partial charge in [0.2, 0.25) is 0 Å². The molecule has 1 rings (SSSR count). The summed E-state index contributed by atoms with van der Waals surface area (Å²) < 4.78 is 0. The second-order valence-corrected chi connectivity index (χ2v) is 5.62. The van der Waals surface area contributed by atoms with Gasteiger partial charge in [0.1, 0.15) is 0 Å². The predicted molar refractivity (Wildman–Crippen MR) is 72.1 cm³/mol. The number of hydrogen-bond donors (Lipinski definition) is 2. The van der Waals surface area contributed by atoms with Crippen LogP contribution in [0.15, 0.2) is 0 Å². The highest BCUT2D eigenvalue weighted by Crippen LogP contribution is 2.17. The van der Waals surface area contributed by atoms with E-state index in [9.17, 15) is 4.79 Å². The minimum atomic E-state index is 0.0291. The summed E-state index contributed by atoms with van der Waals surface area (Å²) in [6.45, 7) is 5.29. The minimum Gasteiger partial charge on any atom is -0.338 e. The molecule has 1 saturated carbocycles. The Morgan fingerprint density at radius 3 is 2.53 bits per heavy atom. The van der Waals surface area contributed by atoms with Gasteiger partial charge in [0.05, 0.1) is 0 Å². The summed E-state index contributed by atoms with van der Waals surface area (Å²) >= 11 is 0. The van der Waals surface area contributed by atoms with Crippen LogP contribution in [0.1, 0.15) is 65.2 Å². The van der Waals surface area contributed by atoms with E-state index in [4.69, 9.17) is 0 Å². The standard InChI is InChI=1S/C14H28N2O/c1-12(2)8-6-7-11-15-14(17)16-13-9-4-3-5-10-13/h12-13H,3-11H2,1-2H3,(H2,15,16,17). The average molecular weight is 240 g/mol. The quantitative estimate of drug-likeness (QED) is 0.686. The van der Waals surface area contributed by atoms with Crippen molar-refractivity contribution in [3.63, 3.8) is 0 Å². The van der Waals surface area contributed by atoms with Crippen LogP contribution in [0.25, 0.3) is 0 Å². The molecule has 3 heteroatoms. The number of amides is 2. The SMILES string of the molecule is CC(C)CCCCNC(=O)NC1CCCCC1. The third-order valence-electron chi connectivity index (χ3n) is 3.43. The lowest BCUT2D eigenvalue weighted by Crippen LogP contribution is -2.43. The molecule has 2 amide bonds. The largest absolute Gasteiger partial charge is 0.338 e. The Morgan fingerprint density at radius 2 is 1.88 bits per heavy atom. The van der Waals surface area contributed by atoms with E-state index in [-0.39, 0.29) is 6.03 Å². The summed E-state index contributed by atoms with van der Waals surface area (Å²) in [6, 6.07) is 0.445. The maximum absolute atomic E-state index is 11.6. The van der Waals surface area contributed by atoms with Crippen molar-refractivity contribution in [3.05, 3.63) is 0 Å². The van der Waals surface area contributed by atoms with E-state index in [0.717, 1.165) is 31.7 Å². The topological polar surface area (TPSA) is 41.1 Å². The third-order valence-corrected chi connectivity index (χ3v) is 3.43. The van der Waals surface area contributed by atoms with Gasteiger partial charge in [-0.3, -0.25) is 0 Å². The lowest BCUT2D eigenvalue weighted by atomic mass is 9.96. The Bertz CT molecular complexity index is 210. The normalized spacial score (nSPS) is 17.1. The molecule has 0 heterocycles. The van der Waals surface area contributed by atoms with Gasteiger partial charge in [0.25, 0.3) is 0 Å². The molecule has 0 aromatic carbocycles. The molecule has 3 nitrogen and oxygen atoms in total. The predicted octanol–water partition coefficient (Wildman–Crippen LogP) is 3.44. The van der Waals surface area contributed by atoms with Gasteiger partial charge in [-0.15, -0.1) is 0 Å². The summed E-state index contributed by atoms with van der Waals surface area (Å²) in [4.78, 5) is 11.6. The van der Waals surface area contributed by atoms with Crippen molar-refractivity contribution in [2.24, 2.45) is 5.92 Å². The first kappa shape index (κ1) is 14.3. The van der Waals surface area contributed by atoms with Crippen LogP contribution in [-0.4, -0.2) is 18.6 Å². The van der Waals surface area contributed by atoms with E-state index in [0.29, 0.717) is 6.04 Å². The van der Waals surface area contributed by atoms with Crippen molar-refractivity contribution >= 4 is 6.03 Å². The van der Waals surface area contributed by atoms with Crippen molar-refractivity contribution in [2.75, 3.05) is 6.54 Å². The number of carbonyl (C=O) groups is 1. The molecule has 17 heavy (non-hydrogen) atoms. The first-order valence-electron chi connectivity index (χ1n) is 7.23. The monoisotopic (exact) mass is 240 g/mol. The van der Waals surface area contributed by atoms with E-state index in [1.54, 1.807) is 0 Å². The molecule has 0 aromatic heterocycles. The highest BCUT2D eigenvalue weighted by Gasteiger charge is 2.14. The van der Waals surface area contributed by atoms with E-state index in [2.05, 4.69) is 24.5 Å². The summed E-state index contributed by atoms with van der Waals surface area (Å²) in [5.74, 6) is 0.770. The first-order valence-corrected chi connectivity index (χ1v) is 7.23. The first-order chi connectivity index (χ1) is 8.18. The van der Waals surface area contributed by atoms with E-state index >= 15 is 0 Å². The number of carbonyl (C=O) groups excluding carboxylic acids is 1. The number of unbranched alkanes of at least 4 members (excludes halogenated alkanes) is 1. The maximum Gasteiger partial charge on any atom is 0.315 e. The van der Waals surface area contributed by atoms with Crippen LogP contribution in [0.2, 0.25) is 0 Å². The molecule has 2 N–H and O–H groups in total. The van der Waals surface area contributed by atoms with E-state index in [1.807, 2.05) is 0 Å². The van der Waals surface area contributed by atoms with E-state index in [1.165, 1.54) is 32.1 Å². The van der Waals surface area contributed by atoms with Gasteiger partial charge < -0.3 is 10.6 Å². The van der Waals surface area contributed by atoms with Gasteiger partial charge in [0, 0.05) is 12.6 Å². The van der Waals surface area contributed by atoms with Crippen molar-refractivity contribution in [2.45, 2.75) is 71.3 Å². The Labute approximate surface area is 106 Å². The van der Waals surface area contributed by atoms with Crippen LogP contribution in [0.5, 0.6) is 0 Å². The molecule has 0 radical (unpaired) electrons. The zero-order chi connectivity index (χ0) is 12.5. The van der Waals surface area contributed by atoms with Gasteiger partial charge in [-0.05, 0) is 25.2 Å². The molecule has 0 saturated heterocycles. The lowest BCUT2D eigenvalue weighted by molar-refractivity contribution is 0.232. The van der Waals surface area contributed by atoms with Crippen LogP contribution < -0.4 is 10.6 Å². The average Bonchev–Trinajstić information content (AvgIpc) is 2.29. The second-order valence-electron chi connectivity index (χ2n) is 5.62. The number of hydrogen-bond acceptors (Lipinski definition) is 1. The maximum atomic E-state index is 11.6. The zero-order valence-electron chi connectivity index (χ0n) is 11.4.